The number of aliphatic hydroxyl groups excluding tert-OH is 1. The van der Waals surface area contributed by atoms with E-state index in [1.165, 1.54) is 0 Å². The zero-order valence-electron chi connectivity index (χ0n) is 10.4. The van der Waals surface area contributed by atoms with Crippen LogP contribution in [0, 0.1) is 0 Å². The Labute approximate surface area is 98.1 Å². The van der Waals surface area contributed by atoms with E-state index >= 15 is 0 Å². The number of benzene rings is 1. The molecule has 0 aliphatic heterocycles. The van der Waals surface area contributed by atoms with Crippen LogP contribution >= 0.6 is 0 Å². The maximum absolute atomic E-state index is 9.90. The first kappa shape index (κ1) is 13.0. The third-order valence-corrected chi connectivity index (χ3v) is 2.56. The van der Waals surface area contributed by atoms with Gasteiger partial charge in [-0.3, -0.25) is 0 Å². The number of hydrogen-bond donors (Lipinski definition) is 2. The van der Waals surface area contributed by atoms with Crippen molar-refractivity contribution in [3.63, 3.8) is 0 Å². The predicted molar refractivity (Wildman–Crippen MR) is 68.9 cm³/mol. The second-order valence-electron chi connectivity index (χ2n) is 4.21. The molecule has 1 rings (SSSR count). The van der Waals surface area contributed by atoms with Crippen LogP contribution < -0.4 is 10.2 Å². The fourth-order valence-electron chi connectivity index (χ4n) is 1.53. The topological polar surface area (TPSA) is 35.5 Å². The lowest BCUT2D eigenvalue weighted by Gasteiger charge is -2.15. The summed E-state index contributed by atoms with van der Waals surface area (Å²) in [6, 6.07) is 8.01. The van der Waals surface area contributed by atoms with Gasteiger partial charge in [0.1, 0.15) is 0 Å². The highest BCUT2D eigenvalue weighted by molar-refractivity contribution is 5.46. The minimum absolute atomic E-state index is 0.414. The van der Waals surface area contributed by atoms with Gasteiger partial charge in [-0.05, 0) is 30.7 Å². The molecule has 3 nitrogen and oxygen atoms in total. The summed E-state index contributed by atoms with van der Waals surface area (Å²) in [4.78, 5) is 2.05. The van der Waals surface area contributed by atoms with Gasteiger partial charge in [-0.2, -0.15) is 0 Å². The first-order valence-corrected chi connectivity index (χ1v) is 5.81. The molecule has 1 unspecified atom stereocenters. The van der Waals surface area contributed by atoms with Gasteiger partial charge in [0.05, 0.1) is 6.10 Å². The van der Waals surface area contributed by atoms with Gasteiger partial charge in [-0.15, -0.1) is 0 Å². The molecule has 0 aliphatic carbocycles. The van der Waals surface area contributed by atoms with Crippen LogP contribution in [-0.2, 0) is 0 Å². The number of hydrogen-bond acceptors (Lipinski definition) is 3. The molecule has 0 aromatic heterocycles. The van der Waals surface area contributed by atoms with Gasteiger partial charge in [0.2, 0.25) is 0 Å². The summed E-state index contributed by atoms with van der Waals surface area (Å²) in [5.74, 6) is 0. The van der Waals surface area contributed by atoms with E-state index in [4.69, 9.17) is 0 Å². The SMILES string of the molecule is CCCNCC(O)c1ccc(N(C)C)cc1. The van der Waals surface area contributed by atoms with Crippen LogP contribution in [0.5, 0.6) is 0 Å². The summed E-state index contributed by atoms with van der Waals surface area (Å²) in [7, 11) is 4.02. The molecule has 1 atom stereocenters. The van der Waals surface area contributed by atoms with E-state index in [-0.39, 0.29) is 0 Å². The quantitative estimate of drug-likeness (QED) is 0.720. The third kappa shape index (κ3) is 3.83. The average molecular weight is 222 g/mol. The lowest BCUT2D eigenvalue weighted by atomic mass is 10.1. The summed E-state index contributed by atoms with van der Waals surface area (Å²) in [5.41, 5.74) is 2.12. The van der Waals surface area contributed by atoms with Crippen molar-refractivity contribution >= 4 is 5.69 Å². The molecule has 0 saturated carbocycles. The van der Waals surface area contributed by atoms with E-state index < -0.39 is 6.10 Å². The maximum atomic E-state index is 9.90. The number of nitrogens with one attached hydrogen (secondary N) is 1. The third-order valence-electron chi connectivity index (χ3n) is 2.56. The highest BCUT2D eigenvalue weighted by Crippen LogP contribution is 2.17. The molecule has 0 heterocycles. The molecule has 0 spiro atoms. The van der Waals surface area contributed by atoms with Crippen LogP contribution in [0.3, 0.4) is 0 Å². The standard InChI is InChI=1S/C13H22N2O/c1-4-9-14-10-13(16)11-5-7-12(8-6-11)15(2)3/h5-8,13-14,16H,4,9-10H2,1-3H3. The molecule has 0 aliphatic rings. The molecular weight excluding hydrogens is 200 g/mol. The summed E-state index contributed by atoms with van der Waals surface area (Å²) >= 11 is 0. The Balaban J connectivity index is 2.52. The number of anilines is 1. The molecular formula is C13H22N2O. The maximum Gasteiger partial charge on any atom is 0.0914 e. The molecule has 0 saturated heterocycles. The molecule has 16 heavy (non-hydrogen) atoms. The van der Waals surface area contributed by atoms with Gasteiger partial charge < -0.3 is 15.3 Å². The smallest absolute Gasteiger partial charge is 0.0914 e. The first-order chi connectivity index (χ1) is 7.65. The van der Waals surface area contributed by atoms with E-state index in [0.29, 0.717) is 6.54 Å². The van der Waals surface area contributed by atoms with Crippen molar-refractivity contribution in [1.29, 1.82) is 0 Å². The summed E-state index contributed by atoms with van der Waals surface area (Å²) in [5, 5.41) is 13.1. The Morgan fingerprint density at radius 3 is 2.38 bits per heavy atom. The molecule has 1 aromatic carbocycles. The Kier molecular flexibility index (Phi) is 5.29. The van der Waals surface area contributed by atoms with Crippen LogP contribution in [0.4, 0.5) is 5.69 Å². The van der Waals surface area contributed by atoms with E-state index in [1.807, 2.05) is 43.3 Å². The van der Waals surface area contributed by atoms with Gasteiger partial charge >= 0.3 is 0 Å². The minimum atomic E-state index is -0.414. The Hall–Kier alpha value is -1.06. The Morgan fingerprint density at radius 2 is 1.88 bits per heavy atom. The number of rotatable bonds is 6. The summed E-state index contributed by atoms with van der Waals surface area (Å²) < 4.78 is 0. The average Bonchev–Trinajstić information content (AvgIpc) is 2.29. The van der Waals surface area contributed by atoms with Crippen molar-refractivity contribution < 1.29 is 5.11 Å². The molecule has 0 amide bonds. The highest BCUT2D eigenvalue weighted by atomic mass is 16.3. The molecule has 90 valence electrons. The molecule has 0 radical (unpaired) electrons. The highest BCUT2D eigenvalue weighted by Gasteiger charge is 2.06. The first-order valence-electron chi connectivity index (χ1n) is 5.81. The largest absolute Gasteiger partial charge is 0.387 e. The predicted octanol–water partition coefficient (Wildman–Crippen LogP) is 1.79. The summed E-state index contributed by atoms with van der Waals surface area (Å²) in [6.45, 7) is 3.69. The van der Waals surface area contributed by atoms with Crippen LogP contribution in [-0.4, -0.2) is 32.3 Å². The van der Waals surface area contributed by atoms with Crippen LogP contribution in [0.15, 0.2) is 24.3 Å². The summed E-state index contributed by atoms with van der Waals surface area (Å²) in [6.07, 6.45) is 0.675. The van der Waals surface area contributed by atoms with Crippen molar-refractivity contribution in [2.45, 2.75) is 19.4 Å². The van der Waals surface area contributed by atoms with Crippen molar-refractivity contribution in [2.24, 2.45) is 0 Å². The number of nitrogens with zero attached hydrogens (tertiary/aromatic N) is 1. The van der Waals surface area contributed by atoms with Gasteiger partial charge in [0.15, 0.2) is 0 Å². The normalized spacial score (nSPS) is 12.5. The van der Waals surface area contributed by atoms with Gasteiger partial charge in [-0.1, -0.05) is 19.1 Å². The second-order valence-corrected chi connectivity index (χ2v) is 4.21. The lowest BCUT2D eigenvalue weighted by Crippen LogP contribution is -2.22. The van der Waals surface area contributed by atoms with E-state index in [1.54, 1.807) is 0 Å². The second kappa shape index (κ2) is 6.51. The zero-order chi connectivity index (χ0) is 12.0. The zero-order valence-corrected chi connectivity index (χ0v) is 10.4. The van der Waals surface area contributed by atoms with Crippen LogP contribution in [0.1, 0.15) is 25.0 Å². The van der Waals surface area contributed by atoms with E-state index in [9.17, 15) is 5.11 Å². The van der Waals surface area contributed by atoms with E-state index in [2.05, 4.69) is 12.2 Å². The molecule has 1 aromatic rings. The van der Waals surface area contributed by atoms with Gasteiger partial charge in [-0.25, -0.2) is 0 Å². The molecule has 0 bridgehead atoms. The lowest BCUT2D eigenvalue weighted by molar-refractivity contribution is 0.175. The molecule has 0 fully saturated rings. The Morgan fingerprint density at radius 1 is 1.25 bits per heavy atom. The van der Waals surface area contributed by atoms with Crippen molar-refractivity contribution in [3.8, 4) is 0 Å². The molecule has 3 heteroatoms. The van der Waals surface area contributed by atoms with Crippen LogP contribution in [0.25, 0.3) is 0 Å². The fraction of sp³-hybridized carbons (Fsp3) is 0.538. The van der Waals surface area contributed by atoms with E-state index in [0.717, 1.165) is 24.2 Å². The van der Waals surface area contributed by atoms with Crippen molar-refractivity contribution in [3.05, 3.63) is 29.8 Å². The van der Waals surface area contributed by atoms with Gasteiger partial charge in [0, 0.05) is 26.3 Å². The number of aliphatic hydroxyl groups is 1. The Bertz CT molecular complexity index is 295. The fourth-order valence-corrected chi connectivity index (χ4v) is 1.53. The van der Waals surface area contributed by atoms with Crippen LogP contribution in [0.2, 0.25) is 0 Å². The minimum Gasteiger partial charge on any atom is -0.387 e. The van der Waals surface area contributed by atoms with Crippen molar-refractivity contribution in [1.82, 2.24) is 5.32 Å². The van der Waals surface area contributed by atoms with Gasteiger partial charge in [0.25, 0.3) is 0 Å². The monoisotopic (exact) mass is 222 g/mol. The van der Waals surface area contributed by atoms with Crippen molar-refractivity contribution in [2.75, 3.05) is 32.1 Å². The molecule has 2 N–H and O–H groups in total.